The number of piperidine rings is 1. The van der Waals surface area contributed by atoms with Gasteiger partial charge in [0.1, 0.15) is 0 Å². The largest absolute Gasteiger partial charge is 0.243 e. The average Bonchev–Trinajstić information content (AvgIpc) is 3.28. The van der Waals surface area contributed by atoms with E-state index in [1.54, 1.807) is 33.6 Å². The number of nitrogens with zero attached hydrogens (tertiary/aromatic N) is 4. The first-order chi connectivity index (χ1) is 12.6. The van der Waals surface area contributed by atoms with Gasteiger partial charge in [-0.3, -0.25) is 0 Å². The van der Waals surface area contributed by atoms with Crippen LogP contribution in [0, 0.1) is 0 Å². The van der Waals surface area contributed by atoms with Gasteiger partial charge in [0.15, 0.2) is 0 Å². The molecule has 0 saturated carbocycles. The smallest absolute Gasteiger partial charge is 0.207 e. The van der Waals surface area contributed by atoms with E-state index >= 15 is 0 Å². The molecule has 0 spiro atoms. The molecular formula is C19H20N4O2S. The summed E-state index contributed by atoms with van der Waals surface area (Å²) in [5.41, 5.74) is 0. The number of aromatic nitrogens is 3. The van der Waals surface area contributed by atoms with Gasteiger partial charge < -0.3 is 0 Å². The molecule has 26 heavy (non-hydrogen) atoms. The van der Waals surface area contributed by atoms with Crippen LogP contribution >= 0.6 is 0 Å². The first-order valence-corrected chi connectivity index (χ1v) is 10.4. The number of benzene rings is 2. The normalized spacial score (nSPS) is 26.4. The topological polar surface area (TPSA) is 68.1 Å². The minimum Gasteiger partial charge on any atom is -0.207 e. The molecule has 2 aromatic carbocycles. The van der Waals surface area contributed by atoms with Crippen molar-refractivity contribution in [1.82, 2.24) is 19.3 Å². The Balaban J connectivity index is 1.48. The Labute approximate surface area is 152 Å². The average molecular weight is 368 g/mol. The Hall–Kier alpha value is -2.25. The van der Waals surface area contributed by atoms with E-state index in [-0.39, 0.29) is 18.1 Å². The molecule has 5 rings (SSSR count). The lowest BCUT2D eigenvalue weighted by atomic mass is 10.0. The van der Waals surface area contributed by atoms with Crippen molar-refractivity contribution in [3.05, 3.63) is 54.9 Å². The first kappa shape index (κ1) is 16.0. The second-order valence-corrected chi connectivity index (χ2v) is 9.05. The maximum atomic E-state index is 13.4. The first-order valence-electron chi connectivity index (χ1n) is 9.01. The zero-order valence-corrected chi connectivity index (χ0v) is 15.1. The van der Waals surface area contributed by atoms with Gasteiger partial charge >= 0.3 is 0 Å². The second-order valence-electron chi connectivity index (χ2n) is 7.20. The third kappa shape index (κ3) is 2.46. The highest BCUT2D eigenvalue weighted by molar-refractivity contribution is 7.89. The molecule has 0 radical (unpaired) electrons. The zero-order chi connectivity index (χ0) is 17.7. The monoisotopic (exact) mass is 368 g/mol. The molecule has 2 fully saturated rings. The van der Waals surface area contributed by atoms with Crippen molar-refractivity contribution >= 4 is 20.8 Å². The number of sulfonamides is 1. The summed E-state index contributed by atoms with van der Waals surface area (Å²) in [6.07, 6.45) is 6.74. The van der Waals surface area contributed by atoms with E-state index in [4.69, 9.17) is 0 Å². The van der Waals surface area contributed by atoms with Gasteiger partial charge in [0.05, 0.1) is 23.3 Å². The van der Waals surface area contributed by atoms with Crippen molar-refractivity contribution in [1.29, 1.82) is 0 Å². The van der Waals surface area contributed by atoms with Crippen LogP contribution in [0.4, 0.5) is 0 Å². The van der Waals surface area contributed by atoms with Crippen LogP contribution in [0.25, 0.3) is 10.8 Å². The van der Waals surface area contributed by atoms with Gasteiger partial charge in [-0.25, -0.2) is 8.42 Å². The Bertz CT molecular complexity index is 1030. The lowest BCUT2D eigenvalue weighted by Gasteiger charge is -2.37. The van der Waals surface area contributed by atoms with Crippen molar-refractivity contribution < 1.29 is 8.42 Å². The fourth-order valence-electron chi connectivity index (χ4n) is 4.55. The molecule has 6 nitrogen and oxygen atoms in total. The van der Waals surface area contributed by atoms with Crippen molar-refractivity contribution in [2.75, 3.05) is 0 Å². The number of hydrogen-bond donors (Lipinski definition) is 0. The second kappa shape index (κ2) is 5.89. The van der Waals surface area contributed by atoms with E-state index in [2.05, 4.69) is 10.2 Å². The highest BCUT2D eigenvalue weighted by Gasteiger charge is 2.48. The van der Waals surface area contributed by atoms with Crippen molar-refractivity contribution in [3.8, 4) is 0 Å². The van der Waals surface area contributed by atoms with Crippen LogP contribution in [0.1, 0.15) is 31.7 Å². The highest BCUT2D eigenvalue weighted by Crippen LogP contribution is 2.43. The molecule has 2 atom stereocenters. The van der Waals surface area contributed by atoms with Crippen LogP contribution in [0.3, 0.4) is 0 Å². The molecule has 134 valence electrons. The van der Waals surface area contributed by atoms with Crippen LogP contribution in [0.2, 0.25) is 0 Å². The van der Waals surface area contributed by atoms with Crippen molar-refractivity contribution in [2.24, 2.45) is 0 Å². The van der Waals surface area contributed by atoms with Gasteiger partial charge in [0.2, 0.25) is 10.0 Å². The fourth-order valence-corrected chi connectivity index (χ4v) is 6.48. The lowest BCUT2D eigenvalue weighted by Crippen LogP contribution is -2.47. The molecule has 2 unspecified atom stereocenters. The molecule has 7 heteroatoms. The Morgan fingerprint density at radius 3 is 2.19 bits per heavy atom. The van der Waals surface area contributed by atoms with Gasteiger partial charge in [-0.15, -0.1) is 0 Å². The number of fused-ring (bicyclic) bond motifs is 3. The number of hydrogen-bond acceptors (Lipinski definition) is 4. The van der Waals surface area contributed by atoms with Crippen molar-refractivity contribution in [3.63, 3.8) is 0 Å². The Morgan fingerprint density at radius 2 is 1.50 bits per heavy atom. The van der Waals surface area contributed by atoms with Gasteiger partial charge in [-0.2, -0.15) is 19.3 Å². The van der Waals surface area contributed by atoms with Gasteiger partial charge in [0, 0.05) is 12.1 Å². The molecule has 2 aliphatic rings. The minimum atomic E-state index is -3.50. The molecule has 0 amide bonds. The summed E-state index contributed by atoms with van der Waals surface area (Å²) in [6, 6.07) is 13.5. The maximum Gasteiger partial charge on any atom is 0.243 e. The van der Waals surface area contributed by atoms with Gasteiger partial charge in [0.25, 0.3) is 0 Å². The zero-order valence-electron chi connectivity index (χ0n) is 14.3. The van der Waals surface area contributed by atoms with E-state index in [1.165, 1.54) is 0 Å². The van der Waals surface area contributed by atoms with E-state index < -0.39 is 10.0 Å². The third-order valence-corrected chi connectivity index (χ3v) is 7.70. The van der Waals surface area contributed by atoms with Crippen LogP contribution in [-0.4, -0.2) is 39.8 Å². The molecule has 0 N–H and O–H groups in total. The van der Waals surface area contributed by atoms with Crippen LogP contribution in [-0.2, 0) is 10.0 Å². The summed E-state index contributed by atoms with van der Waals surface area (Å²) in [5.74, 6) is 0. The summed E-state index contributed by atoms with van der Waals surface area (Å²) >= 11 is 0. The maximum absolute atomic E-state index is 13.4. The number of rotatable bonds is 3. The highest BCUT2D eigenvalue weighted by atomic mass is 32.2. The summed E-state index contributed by atoms with van der Waals surface area (Å²) in [4.78, 5) is 2.13. The molecule has 1 aromatic heterocycles. The predicted molar refractivity (Wildman–Crippen MR) is 98.1 cm³/mol. The van der Waals surface area contributed by atoms with E-state index in [0.717, 1.165) is 36.5 Å². The molecule has 2 bridgehead atoms. The summed E-state index contributed by atoms with van der Waals surface area (Å²) in [7, 11) is -3.50. The molecule has 3 aromatic rings. The Kier molecular flexibility index (Phi) is 3.62. The summed E-state index contributed by atoms with van der Waals surface area (Å²) < 4.78 is 28.5. The quantitative estimate of drug-likeness (QED) is 0.713. The van der Waals surface area contributed by atoms with Crippen LogP contribution in [0.5, 0.6) is 0 Å². The van der Waals surface area contributed by atoms with Crippen molar-refractivity contribution in [2.45, 2.75) is 48.7 Å². The predicted octanol–water partition coefficient (Wildman–Crippen LogP) is 2.99. The molecule has 3 heterocycles. The van der Waals surface area contributed by atoms with E-state index in [1.807, 2.05) is 30.3 Å². The van der Waals surface area contributed by atoms with E-state index in [0.29, 0.717) is 4.90 Å². The fraction of sp³-hybridized carbons (Fsp3) is 0.368. The summed E-state index contributed by atoms with van der Waals surface area (Å²) in [5, 5.41) is 10.5. The van der Waals surface area contributed by atoms with Gasteiger partial charge in [-0.1, -0.05) is 30.3 Å². The molecular weight excluding hydrogens is 348 g/mol. The molecule has 2 aliphatic heterocycles. The third-order valence-electron chi connectivity index (χ3n) is 5.70. The summed E-state index contributed by atoms with van der Waals surface area (Å²) in [6.45, 7) is 0. The molecule has 0 aliphatic carbocycles. The Morgan fingerprint density at radius 1 is 0.846 bits per heavy atom. The van der Waals surface area contributed by atoms with E-state index in [9.17, 15) is 8.42 Å². The van der Waals surface area contributed by atoms with Crippen LogP contribution < -0.4 is 0 Å². The lowest BCUT2D eigenvalue weighted by molar-refractivity contribution is 0.174. The standard InChI is InChI=1S/C19H20N4O2S/c24-26(25,19-8-5-14-3-1-2-4-15(14)11-19)22-16-6-7-17(22)13-18(12-16)23-20-9-10-21-23/h1-5,8-11,16-18H,6-7,12-13H2. The van der Waals surface area contributed by atoms with Crippen LogP contribution in [0.15, 0.2) is 59.8 Å². The SMILES string of the molecule is O=S(=O)(c1ccc2ccccc2c1)N1C2CCC1CC(n1nccn1)C2. The minimum absolute atomic E-state index is 0.0289. The molecule has 2 saturated heterocycles. The van der Waals surface area contributed by atoms with Gasteiger partial charge in [-0.05, 0) is 48.6 Å².